The minimum absolute atomic E-state index is 1.07. The van der Waals surface area contributed by atoms with Crippen LogP contribution in [-0.2, 0) is 0 Å². The maximum atomic E-state index is 3.84. The first kappa shape index (κ1) is 16.2. The van der Waals surface area contributed by atoms with Crippen LogP contribution in [0.25, 0.3) is 0 Å². The molecule has 0 aromatic carbocycles. The molecule has 17 heavy (non-hydrogen) atoms. The van der Waals surface area contributed by atoms with Crippen molar-refractivity contribution in [3.05, 3.63) is 43.4 Å². The average molecular weight is 233 g/mol. The molecule has 1 radical (unpaired) electrons. The summed E-state index contributed by atoms with van der Waals surface area (Å²) in [6.45, 7) is 6.07. The van der Waals surface area contributed by atoms with E-state index >= 15 is 0 Å². The third-order valence-corrected chi connectivity index (χ3v) is 2.64. The van der Waals surface area contributed by atoms with Crippen LogP contribution < -0.4 is 0 Å². The normalized spacial score (nSPS) is 12.4. The molecule has 0 N–H and O–H groups in total. The summed E-state index contributed by atoms with van der Waals surface area (Å²) in [4.78, 5) is 0. The molecule has 0 fully saturated rings. The first-order valence-electron chi connectivity index (χ1n) is 7.16. The van der Waals surface area contributed by atoms with Crippen LogP contribution in [0.15, 0.2) is 36.5 Å². The van der Waals surface area contributed by atoms with Gasteiger partial charge in [-0.05, 0) is 32.1 Å². The summed E-state index contributed by atoms with van der Waals surface area (Å²) in [5.41, 5.74) is 0. The minimum Gasteiger partial charge on any atom is -0.0882 e. The second kappa shape index (κ2) is 15.2. The van der Waals surface area contributed by atoms with E-state index in [4.69, 9.17) is 0 Å². The molecule has 0 bridgehead atoms. The maximum absolute atomic E-state index is 3.84. The summed E-state index contributed by atoms with van der Waals surface area (Å²) in [6.07, 6.45) is 24.4. The van der Waals surface area contributed by atoms with Gasteiger partial charge >= 0.3 is 0 Å². The summed E-state index contributed by atoms with van der Waals surface area (Å²) in [5, 5.41) is 0. The summed E-state index contributed by atoms with van der Waals surface area (Å²) in [6, 6.07) is 0. The van der Waals surface area contributed by atoms with Gasteiger partial charge in [0.1, 0.15) is 0 Å². The van der Waals surface area contributed by atoms with E-state index in [0.29, 0.717) is 0 Å². The lowest BCUT2D eigenvalue weighted by Crippen LogP contribution is -1.70. The van der Waals surface area contributed by atoms with E-state index in [0.717, 1.165) is 19.3 Å². The molecule has 0 unspecified atom stereocenters. The molecule has 0 atom stereocenters. The van der Waals surface area contributed by atoms with Crippen molar-refractivity contribution in [3.63, 3.8) is 0 Å². The van der Waals surface area contributed by atoms with Crippen molar-refractivity contribution in [1.82, 2.24) is 0 Å². The van der Waals surface area contributed by atoms with Crippen molar-refractivity contribution in [2.45, 2.75) is 64.7 Å². The van der Waals surface area contributed by atoms with Crippen molar-refractivity contribution in [2.75, 3.05) is 0 Å². The fourth-order valence-corrected chi connectivity index (χ4v) is 1.54. The fourth-order valence-electron chi connectivity index (χ4n) is 1.54. The minimum atomic E-state index is 1.07. The molecule has 0 aliphatic heterocycles. The van der Waals surface area contributed by atoms with Crippen LogP contribution >= 0.6 is 0 Å². The van der Waals surface area contributed by atoms with E-state index in [1.807, 2.05) is 0 Å². The van der Waals surface area contributed by atoms with E-state index in [1.165, 1.54) is 38.5 Å². The second-order valence-corrected chi connectivity index (χ2v) is 4.38. The molecule has 0 rings (SSSR count). The van der Waals surface area contributed by atoms with E-state index < -0.39 is 0 Å². The zero-order valence-corrected chi connectivity index (χ0v) is 11.5. The molecular weight excluding hydrogens is 204 g/mol. The van der Waals surface area contributed by atoms with E-state index in [2.05, 4.69) is 50.3 Å². The summed E-state index contributed by atoms with van der Waals surface area (Å²) in [7, 11) is 0. The summed E-state index contributed by atoms with van der Waals surface area (Å²) < 4.78 is 0. The molecule has 0 saturated heterocycles. The standard InChI is InChI=1S/C17H29/c1-3-5-7-9-11-13-15-17-16-14-12-10-8-6-4-2/h10-13,16-17H,1,3-9,14-15H2,2H3/b12-10+,13-11+,17-16+. The number of allylic oxidation sites excluding steroid dienone is 6. The first-order valence-corrected chi connectivity index (χ1v) is 7.16. The van der Waals surface area contributed by atoms with Crippen LogP contribution in [0.1, 0.15) is 64.7 Å². The highest BCUT2D eigenvalue weighted by Crippen LogP contribution is 2.01. The van der Waals surface area contributed by atoms with Gasteiger partial charge in [0.15, 0.2) is 0 Å². The predicted octanol–water partition coefficient (Wildman–Crippen LogP) is 6.02. The van der Waals surface area contributed by atoms with Gasteiger partial charge in [0.2, 0.25) is 0 Å². The summed E-state index contributed by atoms with van der Waals surface area (Å²) in [5.74, 6) is 0. The fraction of sp³-hybridized carbons (Fsp3) is 0.588. The van der Waals surface area contributed by atoms with E-state index in [-0.39, 0.29) is 0 Å². The SMILES string of the molecule is [CH2]CCCC/C=C/C/C=C/C/C=C/CCCC. The van der Waals surface area contributed by atoms with Gasteiger partial charge in [-0.15, -0.1) is 0 Å². The monoisotopic (exact) mass is 233 g/mol. The molecule has 0 nitrogen and oxygen atoms in total. The molecule has 0 aromatic rings. The van der Waals surface area contributed by atoms with Gasteiger partial charge in [-0.3, -0.25) is 0 Å². The number of hydrogen-bond donors (Lipinski definition) is 0. The zero-order valence-electron chi connectivity index (χ0n) is 11.5. The van der Waals surface area contributed by atoms with Gasteiger partial charge in [-0.2, -0.15) is 0 Å². The number of rotatable bonds is 11. The zero-order chi connectivity index (χ0) is 12.6. The second-order valence-electron chi connectivity index (χ2n) is 4.38. The van der Waals surface area contributed by atoms with Gasteiger partial charge in [0, 0.05) is 0 Å². The van der Waals surface area contributed by atoms with Crippen LogP contribution in [0.2, 0.25) is 0 Å². The Balaban J connectivity index is 3.27. The number of unbranched alkanes of at least 4 members (excludes halogenated alkanes) is 5. The van der Waals surface area contributed by atoms with Crippen LogP contribution in [0.4, 0.5) is 0 Å². The molecule has 0 amide bonds. The predicted molar refractivity (Wildman–Crippen MR) is 80.0 cm³/mol. The Kier molecular flexibility index (Phi) is 14.5. The highest BCUT2D eigenvalue weighted by Gasteiger charge is 1.81. The molecule has 0 aromatic heterocycles. The van der Waals surface area contributed by atoms with Gasteiger partial charge in [0.25, 0.3) is 0 Å². The molecular formula is C17H29. The lowest BCUT2D eigenvalue weighted by Gasteiger charge is -1.90. The van der Waals surface area contributed by atoms with Gasteiger partial charge in [-0.25, -0.2) is 0 Å². The Bertz CT molecular complexity index is 208. The lowest BCUT2D eigenvalue weighted by atomic mass is 10.2. The van der Waals surface area contributed by atoms with E-state index in [9.17, 15) is 0 Å². The maximum Gasteiger partial charge on any atom is -0.0169 e. The molecule has 0 aliphatic rings. The molecule has 0 saturated carbocycles. The van der Waals surface area contributed by atoms with Gasteiger partial charge < -0.3 is 0 Å². The highest BCUT2D eigenvalue weighted by molar-refractivity contribution is 4.97. The van der Waals surface area contributed by atoms with E-state index in [1.54, 1.807) is 0 Å². The Morgan fingerprint density at radius 3 is 1.76 bits per heavy atom. The van der Waals surface area contributed by atoms with Crippen LogP contribution in [0.3, 0.4) is 0 Å². The van der Waals surface area contributed by atoms with Gasteiger partial charge in [0.05, 0.1) is 0 Å². The third-order valence-electron chi connectivity index (χ3n) is 2.64. The van der Waals surface area contributed by atoms with Crippen LogP contribution in [0.5, 0.6) is 0 Å². The van der Waals surface area contributed by atoms with Gasteiger partial charge in [-0.1, -0.05) is 76.0 Å². The number of hydrogen-bond acceptors (Lipinski definition) is 0. The quantitative estimate of drug-likeness (QED) is 0.302. The summed E-state index contributed by atoms with van der Waals surface area (Å²) >= 11 is 0. The lowest BCUT2D eigenvalue weighted by molar-refractivity contribution is 0.759. The molecule has 0 aliphatic carbocycles. The topological polar surface area (TPSA) is 0 Å². The highest BCUT2D eigenvalue weighted by atomic mass is 13.9. The Morgan fingerprint density at radius 2 is 1.24 bits per heavy atom. The Hall–Kier alpha value is -0.780. The van der Waals surface area contributed by atoms with Crippen LogP contribution in [0, 0.1) is 6.92 Å². The molecule has 0 spiro atoms. The third kappa shape index (κ3) is 15.2. The average Bonchev–Trinajstić information content (AvgIpc) is 2.35. The van der Waals surface area contributed by atoms with Crippen molar-refractivity contribution >= 4 is 0 Å². The van der Waals surface area contributed by atoms with Crippen LogP contribution in [-0.4, -0.2) is 0 Å². The van der Waals surface area contributed by atoms with Crippen molar-refractivity contribution in [3.8, 4) is 0 Å². The smallest absolute Gasteiger partial charge is 0.0169 e. The van der Waals surface area contributed by atoms with Crippen molar-refractivity contribution < 1.29 is 0 Å². The Morgan fingerprint density at radius 1 is 0.706 bits per heavy atom. The largest absolute Gasteiger partial charge is 0.0882 e. The molecule has 97 valence electrons. The molecule has 0 heterocycles. The van der Waals surface area contributed by atoms with Crippen molar-refractivity contribution in [2.24, 2.45) is 0 Å². The Labute approximate surface area is 109 Å². The first-order chi connectivity index (χ1) is 8.41. The molecule has 0 heteroatoms. The van der Waals surface area contributed by atoms with Crippen molar-refractivity contribution in [1.29, 1.82) is 0 Å².